The average Bonchev–Trinajstić information content (AvgIpc) is 3.37. The van der Waals surface area contributed by atoms with Crippen molar-refractivity contribution in [2.75, 3.05) is 37.6 Å². The standard InChI is InChI=1S/C29H31N5O5S/c1-20-3-5-22(6-4-20)26-16-27(36)32(29(37)33(26)28-15-21(2)19-40-28)18-25(35)17-30-11-13-31(14-12-30)23-7-9-24(10-8-23)34(38)39/h3-10,15-16,19,25,35H,11-14,17-18H2,1-2H3. The maximum absolute atomic E-state index is 13.7. The van der Waals surface area contributed by atoms with E-state index in [0.717, 1.165) is 26.9 Å². The summed E-state index contributed by atoms with van der Waals surface area (Å²) in [6, 6.07) is 17.6. The molecule has 0 saturated carbocycles. The molecule has 10 nitrogen and oxygen atoms in total. The number of nitro groups is 1. The van der Waals surface area contributed by atoms with Gasteiger partial charge in [-0.15, -0.1) is 11.3 Å². The van der Waals surface area contributed by atoms with Gasteiger partial charge in [0.25, 0.3) is 11.2 Å². The van der Waals surface area contributed by atoms with Gasteiger partial charge in [-0.1, -0.05) is 29.8 Å². The van der Waals surface area contributed by atoms with E-state index in [1.54, 1.807) is 16.7 Å². The van der Waals surface area contributed by atoms with Gasteiger partial charge in [0.05, 0.1) is 23.3 Å². The molecule has 1 atom stereocenters. The Labute approximate surface area is 235 Å². The second-order valence-corrected chi connectivity index (χ2v) is 11.0. The van der Waals surface area contributed by atoms with Crippen LogP contribution in [0.1, 0.15) is 11.1 Å². The molecule has 0 bridgehead atoms. The summed E-state index contributed by atoms with van der Waals surface area (Å²) in [5.41, 5.74) is 3.42. The molecule has 4 aromatic rings. The van der Waals surface area contributed by atoms with Crippen molar-refractivity contribution in [3.63, 3.8) is 0 Å². The number of aryl methyl sites for hydroxylation is 2. The smallest absolute Gasteiger partial charge is 0.336 e. The minimum Gasteiger partial charge on any atom is -0.390 e. The van der Waals surface area contributed by atoms with Crippen molar-refractivity contribution >= 4 is 22.7 Å². The van der Waals surface area contributed by atoms with Gasteiger partial charge in [-0.3, -0.25) is 28.9 Å². The Hall–Kier alpha value is -4.06. The van der Waals surface area contributed by atoms with Gasteiger partial charge < -0.3 is 10.0 Å². The zero-order chi connectivity index (χ0) is 28.4. The molecular weight excluding hydrogens is 530 g/mol. The summed E-state index contributed by atoms with van der Waals surface area (Å²) in [6.07, 6.45) is -0.917. The minimum atomic E-state index is -0.917. The fourth-order valence-electron chi connectivity index (χ4n) is 4.97. The second-order valence-electron chi connectivity index (χ2n) is 10.1. The molecular formula is C29H31N5O5S. The van der Waals surface area contributed by atoms with E-state index in [1.807, 2.05) is 49.6 Å². The van der Waals surface area contributed by atoms with E-state index in [4.69, 9.17) is 0 Å². The third-order valence-electron chi connectivity index (χ3n) is 7.13. The molecule has 0 aliphatic carbocycles. The molecule has 1 aliphatic heterocycles. The molecule has 0 spiro atoms. The van der Waals surface area contributed by atoms with Crippen molar-refractivity contribution in [2.45, 2.75) is 26.5 Å². The van der Waals surface area contributed by atoms with Crippen molar-refractivity contribution < 1.29 is 10.0 Å². The van der Waals surface area contributed by atoms with E-state index in [0.29, 0.717) is 43.4 Å². The van der Waals surface area contributed by atoms with Gasteiger partial charge in [0.2, 0.25) is 0 Å². The van der Waals surface area contributed by atoms with Gasteiger partial charge >= 0.3 is 5.69 Å². The first-order chi connectivity index (χ1) is 19.2. The summed E-state index contributed by atoms with van der Waals surface area (Å²) in [4.78, 5) is 41.6. The molecule has 2 aromatic carbocycles. The van der Waals surface area contributed by atoms with Crippen LogP contribution in [0.2, 0.25) is 0 Å². The Morgan fingerprint density at radius 3 is 2.20 bits per heavy atom. The number of non-ortho nitro benzene ring substituents is 1. The predicted octanol–water partition coefficient (Wildman–Crippen LogP) is 3.44. The van der Waals surface area contributed by atoms with Crippen molar-refractivity contribution in [3.8, 4) is 16.3 Å². The van der Waals surface area contributed by atoms with Crippen LogP contribution in [-0.2, 0) is 6.54 Å². The number of benzene rings is 2. The second kappa shape index (κ2) is 11.6. The highest BCUT2D eigenvalue weighted by Crippen LogP contribution is 2.25. The number of aromatic nitrogens is 2. The molecule has 2 aromatic heterocycles. The maximum Gasteiger partial charge on any atom is 0.336 e. The SMILES string of the molecule is Cc1ccc(-c2cc(=O)n(CC(O)CN3CCN(c4ccc([N+](=O)[O-])cc4)CC3)c(=O)n2-c2cc(C)cs2)cc1. The van der Waals surface area contributed by atoms with Crippen molar-refractivity contribution in [2.24, 2.45) is 0 Å². The normalized spacial score (nSPS) is 14.8. The van der Waals surface area contributed by atoms with Crippen LogP contribution in [0.15, 0.2) is 75.6 Å². The number of thiophene rings is 1. The summed E-state index contributed by atoms with van der Waals surface area (Å²) in [6.45, 7) is 6.88. The molecule has 11 heteroatoms. The summed E-state index contributed by atoms with van der Waals surface area (Å²) in [7, 11) is 0. The highest BCUT2D eigenvalue weighted by atomic mass is 32.1. The Kier molecular flexibility index (Phi) is 7.97. The van der Waals surface area contributed by atoms with Gasteiger partial charge in [0.1, 0.15) is 5.00 Å². The summed E-state index contributed by atoms with van der Waals surface area (Å²) in [5.74, 6) is 0. The van der Waals surface area contributed by atoms with E-state index >= 15 is 0 Å². The van der Waals surface area contributed by atoms with Crippen molar-refractivity contribution in [1.29, 1.82) is 0 Å². The Morgan fingerprint density at radius 1 is 0.925 bits per heavy atom. The molecule has 5 rings (SSSR count). The number of aliphatic hydroxyl groups excluding tert-OH is 1. The van der Waals surface area contributed by atoms with E-state index < -0.39 is 22.3 Å². The van der Waals surface area contributed by atoms with E-state index in [1.165, 1.54) is 29.5 Å². The van der Waals surface area contributed by atoms with Crippen LogP contribution < -0.4 is 16.1 Å². The minimum absolute atomic E-state index is 0.0564. The lowest BCUT2D eigenvalue weighted by Crippen LogP contribution is -2.50. The molecule has 1 N–H and O–H groups in total. The summed E-state index contributed by atoms with van der Waals surface area (Å²) >= 11 is 1.43. The number of nitro benzene ring substituents is 1. The van der Waals surface area contributed by atoms with Gasteiger partial charge in [0, 0.05) is 56.6 Å². The Balaban J connectivity index is 1.31. The molecule has 1 aliphatic rings. The predicted molar refractivity (Wildman–Crippen MR) is 157 cm³/mol. The first kappa shape index (κ1) is 27.5. The lowest BCUT2D eigenvalue weighted by molar-refractivity contribution is -0.384. The van der Waals surface area contributed by atoms with Gasteiger partial charge in [-0.05, 0) is 48.6 Å². The number of piperazine rings is 1. The summed E-state index contributed by atoms with van der Waals surface area (Å²) < 4.78 is 2.67. The monoisotopic (exact) mass is 561 g/mol. The van der Waals surface area contributed by atoms with E-state index in [-0.39, 0.29) is 12.2 Å². The summed E-state index contributed by atoms with van der Waals surface area (Å²) in [5, 5.41) is 24.5. The number of hydrogen-bond acceptors (Lipinski definition) is 8. The third kappa shape index (κ3) is 5.91. The van der Waals surface area contributed by atoms with Gasteiger partial charge in [0.15, 0.2) is 0 Å². The zero-order valence-corrected chi connectivity index (χ0v) is 23.2. The quantitative estimate of drug-likeness (QED) is 0.259. The highest BCUT2D eigenvalue weighted by Gasteiger charge is 2.22. The van der Waals surface area contributed by atoms with Crippen molar-refractivity contribution in [1.82, 2.24) is 14.0 Å². The number of β-amino-alcohol motifs (C(OH)–C–C–N with tert-alkyl or cyclic N) is 1. The van der Waals surface area contributed by atoms with Gasteiger partial charge in [-0.2, -0.15) is 0 Å². The van der Waals surface area contributed by atoms with Crippen LogP contribution in [0.3, 0.4) is 0 Å². The van der Waals surface area contributed by atoms with Crippen LogP contribution in [0.5, 0.6) is 0 Å². The Morgan fingerprint density at radius 2 is 1.60 bits per heavy atom. The molecule has 40 heavy (non-hydrogen) atoms. The number of anilines is 1. The molecule has 0 radical (unpaired) electrons. The van der Waals surface area contributed by atoms with Crippen LogP contribution in [-0.4, -0.2) is 62.9 Å². The van der Waals surface area contributed by atoms with Crippen LogP contribution in [0.25, 0.3) is 16.3 Å². The molecule has 3 heterocycles. The lowest BCUT2D eigenvalue weighted by atomic mass is 10.1. The number of rotatable bonds is 8. The molecule has 1 saturated heterocycles. The number of nitrogens with zero attached hydrogens (tertiary/aromatic N) is 5. The lowest BCUT2D eigenvalue weighted by Gasteiger charge is -2.36. The molecule has 1 fully saturated rings. The van der Waals surface area contributed by atoms with E-state index in [2.05, 4.69) is 9.80 Å². The number of hydrogen-bond donors (Lipinski definition) is 1. The maximum atomic E-state index is 13.7. The van der Waals surface area contributed by atoms with Crippen molar-refractivity contribution in [3.05, 3.63) is 108 Å². The van der Waals surface area contributed by atoms with Gasteiger partial charge in [-0.25, -0.2) is 4.79 Å². The largest absolute Gasteiger partial charge is 0.390 e. The molecule has 1 unspecified atom stereocenters. The fraction of sp³-hybridized carbons (Fsp3) is 0.310. The molecule has 208 valence electrons. The first-order valence-corrected chi connectivity index (χ1v) is 14.0. The zero-order valence-electron chi connectivity index (χ0n) is 22.4. The number of aliphatic hydroxyl groups is 1. The third-order valence-corrected chi connectivity index (χ3v) is 8.17. The topological polar surface area (TPSA) is 114 Å². The molecule has 0 amide bonds. The van der Waals surface area contributed by atoms with Crippen LogP contribution in [0.4, 0.5) is 11.4 Å². The van der Waals surface area contributed by atoms with Crippen LogP contribution >= 0.6 is 11.3 Å². The first-order valence-electron chi connectivity index (χ1n) is 13.1. The fourth-order valence-corrected chi connectivity index (χ4v) is 5.88. The van der Waals surface area contributed by atoms with Crippen LogP contribution in [0, 0.1) is 24.0 Å². The van der Waals surface area contributed by atoms with E-state index in [9.17, 15) is 24.8 Å². The average molecular weight is 562 g/mol. The Bertz CT molecular complexity index is 1620. The highest BCUT2D eigenvalue weighted by molar-refractivity contribution is 7.12.